The smallest absolute Gasteiger partial charge is 0.285 e. The second-order valence-electron chi connectivity index (χ2n) is 6.35. The van der Waals surface area contributed by atoms with Gasteiger partial charge in [-0.15, -0.1) is 5.10 Å². The molecule has 10 heteroatoms. The fourth-order valence-electron chi connectivity index (χ4n) is 3.25. The highest BCUT2D eigenvalue weighted by molar-refractivity contribution is 6.33. The van der Waals surface area contributed by atoms with Crippen LogP contribution in [0.2, 0.25) is 5.02 Å². The van der Waals surface area contributed by atoms with E-state index < -0.39 is 5.56 Å². The van der Waals surface area contributed by atoms with Gasteiger partial charge in [-0.1, -0.05) is 16.8 Å². The number of H-pyrrole nitrogens is 1. The fraction of sp³-hybridized carbons (Fsp3) is 0.353. The maximum Gasteiger partial charge on any atom is 0.285 e. The molecule has 0 saturated carbocycles. The average Bonchev–Trinajstić information content (AvgIpc) is 3.24. The maximum absolute atomic E-state index is 11.6. The summed E-state index contributed by atoms with van der Waals surface area (Å²) in [6.45, 7) is 5.00. The van der Waals surface area contributed by atoms with Crippen LogP contribution in [0.1, 0.15) is 17.9 Å². The fourth-order valence-corrected chi connectivity index (χ4v) is 3.46. The van der Waals surface area contributed by atoms with Crippen molar-refractivity contribution in [1.82, 2.24) is 25.6 Å². The van der Waals surface area contributed by atoms with Crippen LogP contribution >= 0.6 is 11.6 Å². The Kier molecular flexibility index (Phi) is 4.53. The summed E-state index contributed by atoms with van der Waals surface area (Å²) < 4.78 is 11.2. The Bertz CT molecular complexity index is 1010. The van der Waals surface area contributed by atoms with Gasteiger partial charge in [-0.05, 0) is 13.8 Å². The van der Waals surface area contributed by atoms with Crippen molar-refractivity contribution in [3.05, 3.63) is 45.3 Å². The van der Waals surface area contributed by atoms with Crippen LogP contribution in [0.3, 0.4) is 0 Å². The monoisotopic (exact) mass is 388 g/mol. The molecule has 9 nitrogen and oxygen atoms in total. The molecular formula is C17H17ClN6O3. The minimum absolute atomic E-state index is 0.102. The number of aromatic nitrogens is 5. The maximum atomic E-state index is 11.6. The van der Waals surface area contributed by atoms with Gasteiger partial charge in [-0.2, -0.15) is 10.2 Å². The van der Waals surface area contributed by atoms with Crippen molar-refractivity contribution in [2.24, 2.45) is 0 Å². The lowest BCUT2D eigenvalue weighted by atomic mass is 10.1. The third-order valence-corrected chi connectivity index (χ3v) is 4.87. The van der Waals surface area contributed by atoms with Gasteiger partial charge in [-0.3, -0.25) is 4.79 Å². The Morgan fingerprint density at radius 3 is 3.00 bits per heavy atom. The molecule has 27 heavy (non-hydrogen) atoms. The van der Waals surface area contributed by atoms with Crippen molar-refractivity contribution in [1.29, 1.82) is 0 Å². The zero-order chi connectivity index (χ0) is 19.0. The van der Waals surface area contributed by atoms with Crippen LogP contribution < -0.4 is 15.2 Å². The lowest BCUT2D eigenvalue weighted by molar-refractivity contribution is 0.213. The summed E-state index contributed by atoms with van der Waals surface area (Å²) in [6, 6.07) is 1.82. The highest BCUT2D eigenvalue weighted by Crippen LogP contribution is 2.29. The van der Waals surface area contributed by atoms with Crippen LogP contribution in [0.4, 0.5) is 5.69 Å². The van der Waals surface area contributed by atoms with Gasteiger partial charge in [0, 0.05) is 30.2 Å². The molecule has 1 N–H and O–H groups in total. The van der Waals surface area contributed by atoms with Crippen LogP contribution in [-0.2, 0) is 0 Å². The number of hydrogen-bond acceptors (Lipinski definition) is 8. The highest BCUT2D eigenvalue weighted by Gasteiger charge is 2.27. The van der Waals surface area contributed by atoms with Gasteiger partial charge >= 0.3 is 0 Å². The number of halogens is 1. The van der Waals surface area contributed by atoms with E-state index in [1.54, 1.807) is 12.4 Å². The summed E-state index contributed by atoms with van der Waals surface area (Å²) in [5.74, 6) is 1.14. The molecule has 0 aromatic carbocycles. The Morgan fingerprint density at radius 1 is 1.37 bits per heavy atom. The number of ether oxygens (including phenoxy) is 1. The first kappa shape index (κ1) is 17.5. The molecule has 0 spiro atoms. The van der Waals surface area contributed by atoms with E-state index >= 15 is 0 Å². The SMILES string of the molecule is Cc1noc(C)c1-c1cnnc(OC2CCN(c3cn[nH]c(=O)c3Cl)C2)c1. The van der Waals surface area contributed by atoms with E-state index in [2.05, 4.69) is 25.6 Å². The molecule has 3 aromatic rings. The molecule has 140 valence electrons. The molecular weight excluding hydrogens is 372 g/mol. The zero-order valence-electron chi connectivity index (χ0n) is 14.8. The van der Waals surface area contributed by atoms with Crippen molar-refractivity contribution in [3.63, 3.8) is 0 Å². The predicted octanol–water partition coefficient (Wildman–Crippen LogP) is 2.14. The molecule has 0 bridgehead atoms. The molecule has 1 atom stereocenters. The summed E-state index contributed by atoms with van der Waals surface area (Å²) in [7, 11) is 0. The molecule has 1 saturated heterocycles. The second kappa shape index (κ2) is 6.99. The number of anilines is 1. The Balaban J connectivity index is 1.50. The van der Waals surface area contributed by atoms with E-state index in [-0.39, 0.29) is 11.1 Å². The van der Waals surface area contributed by atoms with Crippen LogP contribution in [0.25, 0.3) is 11.1 Å². The third-order valence-electron chi connectivity index (χ3n) is 4.50. The lowest BCUT2D eigenvalue weighted by Gasteiger charge is -2.19. The molecule has 1 aliphatic rings. The molecule has 0 amide bonds. The number of hydrogen-bond donors (Lipinski definition) is 1. The number of rotatable bonds is 4. The van der Waals surface area contributed by atoms with Gasteiger partial charge in [0.15, 0.2) is 0 Å². The van der Waals surface area contributed by atoms with E-state index in [1.165, 1.54) is 0 Å². The van der Waals surface area contributed by atoms with Gasteiger partial charge < -0.3 is 14.2 Å². The predicted molar refractivity (Wildman–Crippen MR) is 98.1 cm³/mol. The van der Waals surface area contributed by atoms with E-state index in [1.807, 2.05) is 24.8 Å². The quantitative estimate of drug-likeness (QED) is 0.723. The highest BCUT2D eigenvalue weighted by atomic mass is 35.5. The standard InChI is InChI=1S/C17H17ClN6O3/c1-9-15(10(2)27-23-9)11-5-14(21-19-6-11)26-12-3-4-24(8-12)13-7-20-22-17(25)16(13)18/h5-7,12H,3-4,8H2,1-2H3,(H,22,25). The van der Waals surface area contributed by atoms with Crippen molar-refractivity contribution in [2.45, 2.75) is 26.4 Å². The van der Waals surface area contributed by atoms with Crippen molar-refractivity contribution in [3.8, 4) is 17.0 Å². The number of nitrogens with one attached hydrogen (secondary N) is 1. The molecule has 3 aromatic heterocycles. The van der Waals surface area contributed by atoms with E-state index in [4.69, 9.17) is 20.9 Å². The lowest BCUT2D eigenvalue weighted by Crippen LogP contribution is -2.26. The summed E-state index contributed by atoms with van der Waals surface area (Å²) in [6.07, 6.45) is 3.86. The molecule has 0 radical (unpaired) electrons. The molecule has 1 aliphatic heterocycles. The van der Waals surface area contributed by atoms with Crippen LogP contribution in [0, 0.1) is 13.8 Å². The van der Waals surface area contributed by atoms with E-state index in [0.29, 0.717) is 24.7 Å². The molecule has 1 fully saturated rings. The number of aromatic amines is 1. The minimum Gasteiger partial charge on any atom is -0.471 e. The van der Waals surface area contributed by atoms with E-state index in [9.17, 15) is 4.79 Å². The second-order valence-corrected chi connectivity index (χ2v) is 6.73. The van der Waals surface area contributed by atoms with Gasteiger partial charge in [0.1, 0.15) is 16.9 Å². The summed E-state index contributed by atoms with van der Waals surface area (Å²) in [4.78, 5) is 13.6. The summed E-state index contributed by atoms with van der Waals surface area (Å²) in [5, 5.41) is 18.3. The molecule has 0 aliphatic carbocycles. The first-order valence-electron chi connectivity index (χ1n) is 8.43. The molecule has 1 unspecified atom stereocenters. The molecule has 4 rings (SSSR count). The van der Waals surface area contributed by atoms with Crippen LogP contribution in [0.5, 0.6) is 5.88 Å². The summed E-state index contributed by atoms with van der Waals surface area (Å²) >= 11 is 6.09. The van der Waals surface area contributed by atoms with E-state index in [0.717, 1.165) is 29.0 Å². The zero-order valence-corrected chi connectivity index (χ0v) is 15.5. The van der Waals surface area contributed by atoms with Gasteiger partial charge in [0.05, 0.1) is 30.3 Å². The average molecular weight is 389 g/mol. The van der Waals surface area contributed by atoms with Crippen LogP contribution in [0.15, 0.2) is 27.8 Å². The Labute approximate surface area is 159 Å². The summed E-state index contributed by atoms with van der Waals surface area (Å²) in [5.41, 5.74) is 2.71. The first-order valence-corrected chi connectivity index (χ1v) is 8.81. The third kappa shape index (κ3) is 3.37. The number of aryl methyl sites for hydroxylation is 2. The van der Waals surface area contributed by atoms with Gasteiger partial charge in [0.2, 0.25) is 5.88 Å². The largest absolute Gasteiger partial charge is 0.471 e. The van der Waals surface area contributed by atoms with Gasteiger partial charge in [0.25, 0.3) is 5.56 Å². The van der Waals surface area contributed by atoms with Crippen LogP contribution in [-0.4, -0.2) is 44.7 Å². The van der Waals surface area contributed by atoms with Gasteiger partial charge in [-0.25, -0.2) is 5.10 Å². The normalized spacial score (nSPS) is 16.7. The minimum atomic E-state index is -0.406. The number of nitrogens with zero attached hydrogens (tertiary/aromatic N) is 5. The Hall–Kier alpha value is -2.94. The molecule has 4 heterocycles. The van der Waals surface area contributed by atoms with Crippen molar-refractivity contribution >= 4 is 17.3 Å². The topological polar surface area (TPSA) is 110 Å². The Morgan fingerprint density at radius 2 is 2.22 bits per heavy atom. The van der Waals surface area contributed by atoms with Crippen molar-refractivity contribution < 1.29 is 9.26 Å². The van der Waals surface area contributed by atoms with Crippen molar-refractivity contribution in [2.75, 3.05) is 18.0 Å². The first-order chi connectivity index (χ1) is 13.0.